The highest BCUT2D eigenvalue weighted by Crippen LogP contribution is 2.25. The first-order chi connectivity index (χ1) is 6.81. The van der Waals surface area contributed by atoms with Crippen LogP contribution in [0.1, 0.15) is 12.5 Å². The molecule has 1 heterocycles. The van der Waals surface area contributed by atoms with Crippen LogP contribution in [0.25, 0.3) is 11.0 Å². The number of ether oxygens (including phenoxy) is 1. The molecule has 0 saturated carbocycles. The SMILES string of the molecule is CCOCc1coc2cc(O)ccc12. The Morgan fingerprint density at radius 2 is 2.29 bits per heavy atom. The van der Waals surface area contributed by atoms with E-state index in [0.29, 0.717) is 18.8 Å². The molecular weight excluding hydrogens is 180 g/mol. The summed E-state index contributed by atoms with van der Waals surface area (Å²) in [5.74, 6) is 0.217. The van der Waals surface area contributed by atoms with Gasteiger partial charge in [-0.05, 0) is 19.1 Å². The molecule has 2 aromatic rings. The van der Waals surface area contributed by atoms with Crippen molar-refractivity contribution in [2.75, 3.05) is 6.61 Å². The lowest BCUT2D eigenvalue weighted by atomic mass is 10.2. The van der Waals surface area contributed by atoms with Crippen molar-refractivity contribution in [2.45, 2.75) is 13.5 Å². The summed E-state index contributed by atoms with van der Waals surface area (Å²) < 4.78 is 10.6. The highest BCUT2D eigenvalue weighted by atomic mass is 16.5. The van der Waals surface area contributed by atoms with E-state index in [2.05, 4.69) is 0 Å². The van der Waals surface area contributed by atoms with Crippen molar-refractivity contribution in [3.63, 3.8) is 0 Å². The van der Waals surface area contributed by atoms with E-state index in [-0.39, 0.29) is 5.75 Å². The van der Waals surface area contributed by atoms with Gasteiger partial charge in [0, 0.05) is 23.6 Å². The molecule has 2 rings (SSSR count). The first-order valence-electron chi connectivity index (χ1n) is 4.58. The molecule has 74 valence electrons. The largest absolute Gasteiger partial charge is 0.508 e. The van der Waals surface area contributed by atoms with Crippen molar-refractivity contribution in [2.24, 2.45) is 0 Å². The minimum Gasteiger partial charge on any atom is -0.508 e. The molecular formula is C11H12O3. The molecule has 0 amide bonds. The number of hydrogen-bond acceptors (Lipinski definition) is 3. The third kappa shape index (κ3) is 1.59. The van der Waals surface area contributed by atoms with Gasteiger partial charge in [0.15, 0.2) is 0 Å². The summed E-state index contributed by atoms with van der Waals surface area (Å²) in [6, 6.07) is 5.08. The molecule has 0 atom stereocenters. The van der Waals surface area contributed by atoms with E-state index in [9.17, 15) is 5.11 Å². The minimum atomic E-state index is 0.217. The second-order valence-electron chi connectivity index (χ2n) is 3.08. The van der Waals surface area contributed by atoms with Crippen molar-refractivity contribution in [3.05, 3.63) is 30.0 Å². The second kappa shape index (κ2) is 3.72. The molecule has 0 spiro atoms. The summed E-state index contributed by atoms with van der Waals surface area (Å²) in [6.07, 6.45) is 1.67. The quantitative estimate of drug-likeness (QED) is 0.812. The van der Waals surface area contributed by atoms with E-state index >= 15 is 0 Å². The van der Waals surface area contributed by atoms with Crippen LogP contribution in [0.15, 0.2) is 28.9 Å². The predicted octanol–water partition coefficient (Wildman–Crippen LogP) is 2.67. The molecule has 14 heavy (non-hydrogen) atoms. The Morgan fingerprint density at radius 3 is 3.07 bits per heavy atom. The molecule has 0 bridgehead atoms. The third-order valence-electron chi connectivity index (χ3n) is 2.10. The van der Waals surface area contributed by atoms with E-state index < -0.39 is 0 Å². The van der Waals surface area contributed by atoms with Gasteiger partial charge < -0.3 is 14.3 Å². The van der Waals surface area contributed by atoms with Gasteiger partial charge in [-0.2, -0.15) is 0 Å². The van der Waals surface area contributed by atoms with Gasteiger partial charge in [-0.25, -0.2) is 0 Å². The van der Waals surface area contributed by atoms with Gasteiger partial charge in [-0.15, -0.1) is 0 Å². The normalized spacial score (nSPS) is 10.9. The molecule has 1 aromatic heterocycles. The van der Waals surface area contributed by atoms with Crippen LogP contribution in [0.5, 0.6) is 5.75 Å². The van der Waals surface area contributed by atoms with E-state index in [0.717, 1.165) is 10.9 Å². The summed E-state index contributed by atoms with van der Waals surface area (Å²) >= 11 is 0. The van der Waals surface area contributed by atoms with Crippen LogP contribution in [-0.4, -0.2) is 11.7 Å². The number of aromatic hydroxyl groups is 1. The van der Waals surface area contributed by atoms with Gasteiger partial charge in [-0.3, -0.25) is 0 Å². The molecule has 3 nitrogen and oxygen atoms in total. The lowest BCUT2D eigenvalue weighted by Crippen LogP contribution is -1.89. The molecule has 0 radical (unpaired) electrons. The standard InChI is InChI=1S/C11H12O3/c1-2-13-6-8-7-14-11-5-9(12)3-4-10(8)11/h3-5,7,12H,2,6H2,1H3. The van der Waals surface area contributed by atoms with Crippen LogP contribution in [0.4, 0.5) is 0 Å². The van der Waals surface area contributed by atoms with Crippen molar-refractivity contribution < 1.29 is 14.3 Å². The maximum atomic E-state index is 9.22. The fraction of sp³-hybridized carbons (Fsp3) is 0.273. The summed E-state index contributed by atoms with van der Waals surface area (Å²) in [6.45, 7) is 3.19. The molecule has 0 saturated heterocycles. The second-order valence-corrected chi connectivity index (χ2v) is 3.08. The van der Waals surface area contributed by atoms with Crippen LogP contribution in [-0.2, 0) is 11.3 Å². The fourth-order valence-electron chi connectivity index (χ4n) is 1.40. The molecule has 1 N–H and O–H groups in total. The van der Waals surface area contributed by atoms with Crippen LogP contribution < -0.4 is 0 Å². The molecule has 0 aliphatic heterocycles. The summed E-state index contributed by atoms with van der Waals surface area (Å²) in [5, 5.41) is 10.2. The van der Waals surface area contributed by atoms with Crippen molar-refractivity contribution in [3.8, 4) is 5.75 Å². The average molecular weight is 192 g/mol. The Kier molecular flexibility index (Phi) is 2.41. The van der Waals surface area contributed by atoms with E-state index in [1.165, 1.54) is 0 Å². The first-order valence-corrected chi connectivity index (χ1v) is 4.58. The Balaban J connectivity index is 2.37. The molecule has 0 fully saturated rings. The number of phenolic OH excluding ortho intramolecular Hbond substituents is 1. The fourth-order valence-corrected chi connectivity index (χ4v) is 1.40. The molecule has 0 aliphatic carbocycles. The number of phenols is 1. The number of furan rings is 1. The van der Waals surface area contributed by atoms with Crippen LogP contribution in [0.2, 0.25) is 0 Å². The lowest BCUT2D eigenvalue weighted by Gasteiger charge is -1.97. The average Bonchev–Trinajstić information content (AvgIpc) is 2.57. The van der Waals surface area contributed by atoms with Gasteiger partial charge in [0.05, 0.1) is 12.9 Å². The molecule has 0 aliphatic rings. The number of rotatable bonds is 3. The van der Waals surface area contributed by atoms with Crippen LogP contribution in [0.3, 0.4) is 0 Å². The van der Waals surface area contributed by atoms with Gasteiger partial charge in [0.2, 0.25) is 0 Å². The Labute approximate surface area is 81.9 Å². The first kappa shape index (κ1) is 9.09. The summed E-state index contributed by atoms with van der Waals surface area (Å²) in [5.41, 5.74) is 1.71. The zero-order valence-electron chi connectivity index (χ0n) is 7.99. The minimum absolute atomic E-state index is 0.217. The topological polar surface area (TPSA) is 42.6 Å². The van der Waals surface area contributed by atoms with Crippen LogP contribution in [0, 0.1) is 0 Å². The predicted molar refractivity (Wildman–Crippen MR) is 53.2 cm³/mol. The van der Waals surface area contributed by atoms with Gasteiger partial charge in [0.25, 0.3) is 0 Å². The number of benzene rings is 1. The molecule has 0 unspecified atom stereocenters. The number of fused-ring (bicyclic) bond motifs is 1. The number of hydrogen-bond donors (Lipinski definition) is 1. The maximum absolute atomic E-state index is 9.22. The monoisotopic (exact) mass is 192 g/mol. The zero-order chi connectivity index (χ0) is 9.97. The smallest absolute Gasteiger partial charge is 0.137 e. The highest BCUT2D eigenvalue weighted by Gasteiger charge is 2.05. The van der Waals surface area contributed by atoms with Gasteiger partial charge in [0.1, 0.15) is 11.3 Å². The molecule has 1 aromatic carbocycles. The van der Waals surface area contributed by atoms with Crippen molar-refractivity contribution >= 4 is 11.0 Å². The zero-order valence-corrected chi connectivity index (χ0v) is 7.99. The molecule has 3 heteroatoms. The third-order valence-corrected chi connectivity index (χ3v) is 2.10. The Morgan fingerprint density at radius 1 is 1.43 bits per heavy atom. The Hall–Kier alpha value is -1.48. The van der Waals surface area contributed by atoms with E-state index in [1.807, 2.05) is 13.0 Å². The summed E-state index contributed by atoms with van der Waals surface area (Å²) in [7, 11) is 0. The maximum Gasteiger partial charge on any atom is 0.137 e. The van der Waals surface area contributed by atoms with E-state index in [4.69, 9.17) is 9.15 Å². The lowest BCUT2D eigenvalue weighted by molar-refractivity contribution is 0.134. The summed E-state index contributed by atoms with van der Waals surface area (Å²) in [4.78, 5) is 0. The highest BCUT2D eigenvalue weighted by molar-refractivity contribution is 5.82. The van der Waals surface area contributed by atoms with E-state index in [1.54, 1.807) is 18.4 Å². The van der Waals surface area contributed by atoms with Crippen LogP contribution >= 0.6 is 0 Å². The van der Waals surface area contributed by atoms with Gasteiger partial charge in [-0.1, -0.05) is 0 Å². The Bertz CT molecular complexity index is 431. The van der Waals surface area contributed by atoms with Crippen molar-refractivity contribution in [1.82, 2.24) is 0 Å². The van der Waals surface area contributed by atoms with Gasteiger partial charge >= 0.3 is 0 Å². The van der Waals surface area contributed by atoms with Crippen molar-refractivity contribution in [1.29, 1.82) is 0 Å².